The Hall–Kier alpha value is -2.75. The first kappa shape index (κ1) is 32.8. The van der Waals surface area contributed by atoms with Gasteiger partial charge in [0, 0.05) is 45.5 Å². The van der Waals surface area contributed by atoms with Gasteiger partial charge in [0.25, 0.3) is 11.8 Å². The third kappa shape index (κ3) is 7.37. The molecule has 0 spiro atoms. The molecule has 4 N–H and O–H groups in total. The highest BCUT2D eigenvalue weighted by Gasteiger charge is 2.41. The minimum absolute atomic E-state index is 0.0615. The molecule has 0 saturated heterocycles. The molecule has 2 unspecified atom stereocenters. The Morgan fingerprint density at radius 3 is 2.27 bits per heavy atom. The number of rotatable bonds is 13. The maximum Gasteiger partial charge on any atom is 0.261 e. The molecule has 224 valence electrons. The largest absolute Gasteiger partial charge is 0.397 e. The molecule has 0 saturated carbocycles. The van der Waals surface area contributed by atoms with Crippen molar-refractivity contribution in [1.29, 1.82) is 0 Å². The third-order valence-electron chi connectivity index (χ3n) is 7.04. The second kappa shape index (κ2) is 13.5. The van der Waals surface area contributed by atoms with Crippen LogP contribution < -0.4 is 16.4 Å². The minimum Gasteiger partial charge on any atom is -0.397 e. The SMILES string of the molecule is CCOP(=O)(CC(CC(C)C)C(=O)N[C@@H](CC(C)C)C(=O)NC)CN1C(=O)c2cccc3c(N)c(Br)cc(c23)C1=O. The summed E-state index contributed by atoms with van der Waals surface area (Å²) in [6, 6.07) is 5.85. The number of halogens is 1. The number of likely N-dealkylation sites (N-methyl/N-ethyl adjacent to an activating group) is 1. The summed E-state index contributed by atoms with van der Waals surface area (Å²) in [5, 5.41) is 6.45. The summed E-state index contributed by atoms with van der Waals surface area (Å²) in [5.74, 6) is -2.50. The van der Waals surface area contributed by atoms with E-state index in [9.17, 15) is 23.7 Å². The zero-order valence-electron chi connectivity index (χ0n) is 24.5. The van der Waals surface area contributed by atoms with E-state index >= 15 is 0 Å². The molecule has 3 rings (SSSR count). The summed E-state index contributed by atoms with van der Waals surface area (Å²) >= 11 is 3.39. The molecule has 41 heavy (non-hydrogen) atoms. The average Bonchev–Trinajstić information content (AvgIpc) is 2.90. The number of carbonyl (C=O) groups excluding carboxylic acids is 4. The number of amides is 4. The smallest absolute Gasteiger partial charge is 0.261 e. The molecule has 0 radical (unpaired) electrons. The highest BCUT2D eigenvalue weighted by molar-refractivity contribution is 9.10. The Morgan fingerprint density at radius 2 is 1.68 bits per heavy atom. The molecule has 0 fully saturated rings. The molecule has 4 amide bonds. The molecule has 3 atom stereocenters. The van der Waals surface area contributed by atoms with E-state index in [4.69, 9.17) is 10.3 Å². The second-order valence-corrected chi connectivity index (χ2v) is 14.7. The number of imide groups is 1. The van der Waals surface area contributed by atoms with Gasteiger partial charge in [-0.15, -0.1) is 0 Å². The standard InChI is InChI=1S/C29H40BrN4O6P/c1-7-40-41(39,14-18(11-16(2)3)26(35)33-23(12-17(4)5)27(36)32-6)15-34-28(37)20-10-8-9-19-24(20)21(29(34)38)13-22(30)25(19)31/h8-10,13,16-18,23H,7,11-12,14-15,31H2,1-6H3,(H,32,36)(H,33,35)/t18?,23-,41?/m0/s1. The third-order valence-corrected chi connectivity index (χ3v) is 10.1. The fourth-order valence-electron chi connectivity index (χ4n) is 5.27. The molecular weight excluding hydrogens is 611 g/mol. The van der Waals surface area contributed by atoms with Crippen LogP contribution in [0.3, 0.4) is 0 Å². The van der Waals surface area contributed by atoms with Gasteiger partial charge in [0.2, 0.25) is 19.2 Å². The molecule has 2 aromatic rings. The van der Waals surface area contributed by atoms with Gasteiger partial charge in [-0.3, -0.25) is 28.6 Å². The fourth-order valence-corrected chi connectivity index (χ4v) is 8.16. The van der Waals surface area contributed by atoms with Crippen LogP contribution in [0.1, 0.15) is 68.2 Å². The maximum atomic E-state index is 14.3. The Labute approximate surface area is 249 Å². The van der Waals surface area contributed by atoms with Crippen LogP contribution in [0.25, 0.3) is 10.8 Å². The molecule has 1 aliphatic heterocycles. The van der Waals surface area contributed by atoms with Gasteiger partial charge in [-0.05, 0) is 59.7 Å². The summed E-state index contributed by atoms with van der Waals surface area (Å²) in [7, 11) is -2.24. The van der Waals surface area contributed by atoms with Crippen molar-refractivity contribution in [3.8, 4) is 0 Å². The van der Waals surface area contributed by atoms with Gasteiger partial charge in [-0.2, -0.15) is 0 Å². The van der Waals surface area contributed by atoms with Crippen molar-refractivity contribution in [3.05, 3.63) is 39.9 Å². The number of nitrogens with zero attached hydrogens (tertiary/aromatic N) is 1. The van der Waals surface area contributed by atoms with Crippen LogP contribution in [0.4, 0.5) is 5.69 Å². The monoisotopic (exact) mass is 650 g/mol. The van der Waals surface area contributed by atoms with Crippen LogP contribution in [0, 0.1) is 17.8 Å². The number of nitrogens with one attached hydrogen (secondary N) is 2. The average molecular weight is 652 g/mol. The first-order valence-corrected chi connectivity index (χ1v) is 16.6. The van der Waals surface area contributed by atoms with Crippen LogP contribution in [0.2, 0.25) is 0 Å². The second-order valence-electron chi connectivity index (χ2n) is 11.3. The number of hydrogen-bond donors (Lipinski definition) is 3. The quantitative estimate of drug-likeness (QED) is 0.157. The number of anilines is 1. The molecule has 12 heteroatoms. The predicted octanol–water partition coefficient (Wildman–Crippen LogP) is 4.99. The lowest BCUT2D eigenvalue weighted by molar-refractivity contribution is -0.131. The van der Waals surface area contributed by atoms with Gasteiger partial charge < -0.3 is 20.9 Å². The lowest BCUT2D eigenvalue weighted by atomic mass is 9.93. The zero-order chi connectivity index (χ0) is 30.6. The molecule has 2 aromatic carbocycles. The van der Waals surface area contributed by atoms with E-state index in [1.165, 1.54) is 7.05 Å². The van der Waals surface area contributed by atoms with Crippen LogP contribution in [-0.4, -0.2) is 60.7 Å². The molecule has 0 aromatic heterocycles. The predicted molar refractivity (Wildman–Crippen MR) is 164 cm³/mol. The van der Waals surface area contributed by atoms with Crippen molar-refractivity contribution in [1.82, 2.24) is 15.5 Å². The van der Waals surface area contributed by atoms with E-state index < -0.39 is 43.3 Å². The Kier molecular flexibility index (Phi) is 10.8. The van der Waals surface area contributed by atoms with Gasteiger partial charge in [-0.25, -0.2) is 0 Å². The van der Waals surface area contributed by atoms with Crippen molar-refractivity contribution < 1.29 is 28.3 Å². The van der Waals surface area contributed by atoms with E-state index in [1.807, 2.05) is 27.7 Å². The van der Waals surface area contributed by atoms with Gasteiger partial charge in [0.1, 0.15) is 12.3 Å². The van der Waals surface area contributed by atoms with Crippen LogP contribution in [0.5, 0.6) is 0 Å². The van der Waals surface area contributed by atoms with Crippen molar-refractivity contribution in [2.45, 2.75) is 53.5 Å². The number of hydrogen-bond acceptors (Lipinski definition) is 7. The summed E-state index contributed by atoms with van der Waals surface area (Å²) in [4.78, 5) is 54.2. The van der Waals surface area contributed by atoms with E-state index in [-0.39, 0.29) is 41.6 Å². The molecule has 0 aliphatic carbocycles. The summed E-state index contributed by atoms with van der Waals surface area (Å²) in [6.45, 7) is 9.52. The topological polar surface area (TPSA) is 148 Å². The Morgan fingerprint density at radius 1 is 1.05 bits per heavy atom. The van der Waals surface area contributed by atoms with E-state index in [0.29, 0.717) is 33.8 Å². The van der Waals surface area contributed by atoms with Crippen LogP contribution >= 0.6 is 23.3 Å². The van der Waals surface area contributed by atoms with Gasteiger partial charge in [0.15, 0.2) is 0 Å². The van der Waals surface area contributed by atoms with Crippen LogP contribution in [-0.2, 0) is 18.7 Å². The lowest BCUT2D eigenvalue weighted by Gasteiger charge is -2.32. The van der Waals surface area contributed by atoms with E-state index in [2.05, 4.69) is 26.6 Å². The summed E-state index contributed by atoms with van der Waals surface area (Å²) in [5.41, 5.74) is 7.15. The Bertz CT molecular complexity index is 1400. The van der Waals surface area contributed by atoms with Crippen LogP contribution in [0.15, 0.2) is 28.7 Å². The highest BCUT2D eigenvalue weighted by atomic mass is 79.9. The maximum absolute atomic E-state index is 14.3. The van der Waals surface area contributed by atoms with E-state index in [0.717, 1.165) is 4.90 Å². The van der Waals surface area contributed by atoms with Gasteiger partial charge >= 0.3 is 0 Å². The zero-order valence-corrected chi connectivity index (χ0v) is 26.9. The van der Waals surface area contributed by atoms with E-state index in [1.54, 1.807) is 31.2 Å². The molecule has 1 heterocycles. The van der Waals surface area contributed by atoms with Gasteiger partial charge in [-0.1, -0.05) is 39.8 Å². The highest BCUT2D eigenvalue weighted by Crippen LogP contribution is 2.51. The normalized spacial score (nSPS) is 16.2. The van der Waals surface area contributed by atoms with Crippen molar-refractivity contribution in [2.24, 2.45) is 17.8 Å². The summed E-state index contributed by atoms with van der Waals surface area (Å²) in [6.07, 6.45) is 0.141. The van der Waals surface area contributed by atoms with Crippen molar-refractivity contribution in [2.75, 3.05) is 31.8 Å². The number of nitrogen functional groups attached to an aromatic ring is 1. The number of carbonyl (C=O) groups is 4. The fraction of sp³-hybridized carbons (Fsp3) is 0.517. The minimum atomic E-state index is -3.75. The summed E-state index contributed by atoms with van der Waals surface area (Å²) < 4.78 is 20.6. The lowest BCUT2D eigenvalue weighted by Crippen LogP contribution is -2.49. The molecule has 10 nitrogen and oxygen atoms in total. The number of nitrogens with two attached hydrogens (primary N) is 1. The Balaban J connectivity index is 1.95. The molecular formula is C29H40BrN4O6P. The molecule has 0 bridgehead atoms. The van der Waals surface area contributed by atoms with Crippen molar-refractivity contribution >= 4 is 63.4 Å². The van der Waals surface area contributed by atoms with Crippen molar-refractivity contribution in [3.63, 3.8) is 0 Å². The first-order valence-electron chi connectivity index (χ1n) is 13.8. The van der Waals surface area contributed by atoms with Gasteiger partial charge in [0.05, 0.1) is 12.3 Å². The molecule has 1 aliphatic rings. The first-order chi connectivity index (χ1) is 19.2. The number of benzene rings is 2.